The van der Waals surface area contributed by atoms with Crippen molar-refractivity contribution < 1.29 is 4.39 Å². The molecule has 1 heterocycles. The zero-order valence-electron chi connectivity index (χ0n) is 9.31. The number of benzene rings is 1. The van der Waals surface area contributed by atoms with Crippen LogP contribution < -0.4 is 5.32 Å². The number of anilines is 1. The fourth-order valence-corrected chi connectivity index (χ4v) is 1.99. The van der Waals surface area contributed by atoms with Gasteiger partial charge >= 0.3 is 0 Å². The van der Waals surface area contributed by atoms with Gasteiger partial charge in [0.1, 0.15) is 5.82 Å². The Morgan fingerprint density at radius 2 is 2.20 bits per heavy atom. The second kappa shape index (κ2) is 4.21. The van der Waals surface area contributed by atoms with E-state index in [1.54, 1.807) is 6.07 Å². The molecule has 1 radical (unpaired) electrons. The molecule has 0 saturated carbocycles. The molecule has 0 fully saturated rings. The Labute approximate surface area is 90.7 Å². The molecule has 0 amide bonds. The lowest BCUT2D eigenvalue weighted by Gasteiger charge is -2.19. The van der Waals surface area contributed by atoms with E-state index < -0.39 is 0 Å². The Morgan fingerprint density at radius 3 is 2.93 bits per heavy atom. The highest BCUT2D eigenvalue weighted by molar-refractivity contribution is 5.58. The molecule has 0 bridgehead atoms. The first-order valence-corrected chi connectivity index (χ1v) is 5.56. The summed E-state index contributed by atoms with van der Waals surface area (Å²) in [4.78, 5) is 0. The van der Waals surface area contributed by atoms with Crippen molar-refractivity contribution in [2.75, 3.05) is 11.9 Å². The van der Waals surface area contributed by atoms with Crippen molar-refractivity contribution in [3.63, 3.8) is 0 Å². The predicted molar refractivity (Wildman–Crippen MR) is 61.5 cm³/mol. The smallest absolute Gasteiger partial charge is 0.128 e. The molecule has 0 saturated heterocycles. The summed E-state index contributed by atoms with van der Waals surface area (Å²) in [7, 11) is 0. The molecule has 0 aliphatic carbocycles. The highest BCUT2D eigenvalue weighted by Gasteiger charge is 2.13. The van der Waals surface area contributed by atoms with Gasteiger partial charge in [0, 0.05) is 12.2 Å². The van der Waals surface area contributed by atoms with Crippen LogP contribution in [0.4, 0.5) is 10.1 Å². The molecule has 1 nitrogen and oxygen atoms in total. The van der Waals surface area contributed by atoms with Gasteiger partial charge in [0.25, 0.3) is 0 Å². The minimum absolute atomic E-state index is 0.0785. The van der Waals surface area contributed by atoms with E-state index in [1.165, 1.54) is 0 Å². The molecule has 2 rings (SSSR count). The minimum atomic E-state index is -0.0785. The van der Waals surface area contributed by atoms with Crippen molar-refractivity contribution in [2.24, 2.45) is 5.92 Å². The van der Waals surface area contributed by atoms with Crippen LogP contribution in [0.5, 0.6) is 0 Å². The highest BCUT2D eigenvalue weighted by atomic mass is 19.1. The summed E-state index contributed by atoms with van der Waals surface area (Å²) < 4.78 is 13.7. The Hall–Kier alpha value is -1.05. The number of rotatable bonds is 2. The van der Waals surface area contributed by atoms with Crippen molar-refractivity contribution in [3.05, 3.63) is 35.5 Å². The maximum atomic E-state index is 13.7. The topological polar surface area (TPSA) is 12.0 Å². The maximum absolute atomic E-state index is 13.7. The van der Waals surface area contributed by atoms with E-state index in [0.29, 0.717) is 5.92 Å². The number of fused-ring (bicyclic) bond motifs is 1. The molecule has 1 aliphatic heterocycles. The van der Waals surface area contributed by atoms with Crippen LogP contribution >= 0.6 is 0 Å². The fraction of sp³-hybridized carbons (Fsp3) is 0.462. The molecule has 15 heavy (non-hydrogen) atoms. The van der Waals surface area contributed by atoms with Crippen LogP contribution in [0.15, 0.2) is 12.1 Å². The van der Waals surface area contributed by atoms with Gasteiger partial charge in [-0.2, -0.15) is 0 Å². The van der Waals surface area contributed by atoms with Gasteiger partial charge in [-0.1, -0.05) is 19.9 Å². The zero-order valence-corrected chi connectivity index (χ0v) is 9.31. The Morgan fingerprint density at radius 1 is 1.40 bits per heavy atom. The summed E-state index contributed by atoms with van der Waals surface area (Å²) >= 11 is 0. The molecule has 0 atom stereocenters. The number of nitrogens with one attached hydrogen (secondary N) is 1. The van der Waals surface area contributed by atoms with Crippen LogP contribution in [0.25, 0.3) is 0 Å². The first-order valence-electron chi connectivity index (χ1n) is 5.56. The van der Waals surface area contributed by atoms with Crippen molar-refractivity contribution in [2.45, 2.75) is 26.7 Å². The quantitative estimate of drug-likeness (QED) is 0.782. The van der Waals surface area contributed by atoms with Gasteiger partial charge in [0.2, 0.25) is 0 Å². The first kappa shape index (κ1) is 10.5. The molecule has 0 aromatic heterocycles. The molecule has 0 spiro atoms. The van der Waals surface area contributed by atoms with Crippen molar-refractivity contribution in [3.8, 4) is 0 Å². The molecule has 1 aromatic rings. The average Bonchev–Trinajstić information content (AvgIpc) is 2.18. The van der Waals surface area contributed by atoms with Gasteiger partial charge in [-0.3, -0.25) is 0 Å². The van der Waals surface area contributed by atoms with E-state index >= 15 is 0 Å². The summed E-state index contributed by atoms with van der Waals surface area (Å²) in [5, 5.41) is 3.21. The Balaban J connectivity index is 2.32. The molecule has 0 unspecified atom stereocenters. The van der Waals surface area contributed by atoms with Gasteiger partial charge in [-0.25, -0.2) is 4.39 Å². The van der Waals surface area contributed by atoms with Gasteiger partial charge in [0.05, 0.1) is 0 Å². The second-order valence-electron chi connectivity index (χ2n) is 4.55. The van der Waals surface area contributed by atoms with Crippen molar-refractivity contribution in [1.82, 2.24) is 0 Å². The molecule has 1 aliphatic rings. The van der Waals surface area contributed by atoms with Crippen LogP contribution in [0.3, 0.4) is 0 Å². The van der Waals surface area contributed by atoms with Crippen LogP contribution in [0.1, 0.15) is 31.4 Å². The monoisotopic (exact) mass is 206 g/mol. The molecule has 81 valence electrons. The standard InChI is InChI=1S/C13H17FN/c1-9(2)6-11-7-10-4-3-5-15-13(10)8-12(11)14/h4,7-9,15H,3,5-6H2,1-2H3. The van der Waals surface area contributed by atoms with E-state index in [9.17, 15) is 4.39 Å². The normalized spacial score (nSPS) is 14.9. The number of hydrogen-bond acceptors (Lipinski definition) is 1. The van der Waals surface area contributed by atoms with Crippen LogP contribution in [0.2, 0.25) is 0 Å². The summed E-state index contributed by atoms with van der Waals surface area (Å²) in [6.45, 7) is 5.14. The third kappa shape index (κ3) is 2.31. The minimum Gasteiger partial charge on any atom is -0.385 e. The number of hydrogen-bond donors (Lipinski definition) is 1. The Bertz CT molecular complexity index is 358. The van der Waals surface area contributed by atoms with Crippen LogP contribution in [-0.4, -0.2) is 6.54 Å². The van der Waals surface area contributed by atoms with Gasteiger partial charge < -0.3 is 5.32 Å². The predicted octanol–water partition coefficient (Wildman–Crippen LogP) is 3.39. The van der Waals surface area contributed by atoms with Gasteiger partial charge in [-0.05, 0) is 42.4 Å². The van der Waals surface area contributed by atoms with Crippen molar-refractivity contribution in [1.29, 1.82) is 0 Å². The fourth-order valence-electron chi connectivity index (χ4n) is 1.99. The lowest BCUT2D eigenvalue weighted by molar-refractivity contribution is 0.573. The third-order valence-electron chi connectivity index (χ3n) is 2.67. The van der Waals surface area contributed by atoms with Crippen LogP contribution in [-0.2, 0) is 6.42 Å². The molecule has 2 heteroatoms. The van der Waals surface area contributed by atoms with E-state index in [2.05, 4.69) is 25.6 Å². The van der Waals surface area contributed by atoms with E-state index in [4.69, 9.17) is 0 Å². The lowest BCUT2D eigenvalue weighted by atomic mass is 9.96. The molecule has 1 N–H and O–H groups in total. The van der Waals surface area contributed by atoms with E-state index in [1.807, 2.05) is 6.07 Å². The molecular formula is C13H17FN. The van der Waals surface area contributed by atoms with E-state index in [-0.39, 0.29) is 5.82 Å². The first-order chi connectivity index (χ1) is 7.16. The summed E-state index contributed by atoms with van der Waals surface area (Å²) in [5.74, 6) is 0.416. The van der Waals surface area contributed by atoms with E-state index in [0.717, 1.165) is 36.2 Å². The Kier molecular flexibility index (Phi) is 2.94. The highest BCUT2D eigenvalue weighted by Crippen LogP contribution is 2.27. The molecule has 1 aromatic carbocycles. The van der Waals surface area contributed by atoms with Crippen molar-refractivity contribution >= 4 is 5.69 Å². The summed E-state index contributed by atoms with van der Waals surface area (Å²) in [6.07, 6.45) is 4.02. The third-order valence-corrected chi connectivity index (χ3v) is 2.67. The summed E-state index contributed by atoms with van der Waals surface area (Å²) in [6, 6.07) is 3.61. The number of halogens is 1. The molecular weight excluding hydrogens is 189 g/mol. The maximum Gasteiger partial charge on any atom is 0.128 e. The lowest BCUT2D eigenvalue weighted by Crippen LogP contribution is -2.12. The van der Waals surface area contributed by atoms with Crippen LogP contribution in [0, 0.1) is 18.2 Å². The SMILES string of the molecule is CC(C)Cc1cc2c(cc1F)NCC[CH]2. The largest absolute Gasteiger partial charge is 0.385 e. The summed E-state index contributed by atoms with van der Waals surface area (Å²) in [5.41, 5.74) is 2.92. The van der Waals surface area contributed by atoms with Gasteiger partial charge in [0.15, 0.2) is 0 Å². The zero-order chi connectivity index (χ0) is 10.8. The average molecular weight is 206 g/mol. The van der Waals surface area contributed by atoms with Gasteiger partial charge in [-0.15, -0.1) is 0 Å². The second-order valence-corrected chi connectivity index (χ2v) is 4.55.